The maximum absolute atomic E-state index is 12.4. The number of nitro benzene ring substituents is 1. The number of hydrogen-bond donors (Lipinski definition) is 0. The van der Waals surface area contributed by atoms with Gasteiger partial charge in [0.15, 0.2) is 5.17 Å². The fourth-order valence-electron chi connectivity index (χ4n) is 2.44. The van der Waals surface area contributed by atoms with Gasteiger partial charge in [0.1, 0.15) is 0 Å². The van der Waals surface area contributed by atoms with Crippen LogP contribution in [0, 0.1) is 10.1 Å². The van der Waals surface area contributed by atoms with E-state index in [0.29, 0.717) is 17.3 Å². The first-order chi connectivity index (χ1) is 12.5. The summed E-state index contributed by atoms with van der Waals surface area (Å²) in [6.45, 7) is 2.26. The zero-order chi connectivity index (χ0) is 18.5. The molecule has 0 aromatic heterocycles. The molecule has 0 unspecified atom stereocenters. The molecule has 0 aliphatic carbocycles. The van der Waals surface area contributed by atoms with Gasteiger partial charge in [0.25, 0.3) is 5.69 Å². The third-order valence-corrected chi connectivity index (χ3v) is 4.81. The molecule has 0 bridgehead atoms. The van der Waals surface area contributed by atoms with E-state index in [0.717, 1.165) is 5.56 Å². The first-order valence-electron chi connectivity index (χ1n) is 7.92. The van der Waals surface area contributed by atoms with Gasteiger partial charge in [-0.25, -0.2) is 0 Å². The summed E-state index contributed by atoms with van der Waals surface area (Å²) in [5.41, 5.74) is 1.57. The van der Waals surface area contributed by atoms with Gasteiger partial charge in [-0.3, -0.25) is 19.8 Å². The molecule has 132 valence electrons. The molecule has 1 saturated heterocycles. The lowest BCUT2D eigenvalue weighted by molar-refractivity contribution is -0.384. The highest BCUT2D eigenvalue weighted by atomic mass is 32.2. The highest BCUT2D eigenvalue weighted by molar-refractivity contribution is 8.15. The van der Waals surface area contributed by atoms with Gasteiger partial charge in [-0.15, -0.1) is 5.10 Å². The lowest BCUT2D eigenvalue weighted by Crippen LogP contribution is -2.30. The molecule has 0 N–H and O–H groups in total. The number of amides is 1. The molecule has 8 heteroatoms. The largest absolute Gasteiger partial charge is 0.284 e. The molecule has 1 fully saturated rings. The maximum atomic E-state index is 12.4. The highest BCUT2D eigenvalue weighted by Crippen LogP contribution is 2.28. The first-order valence-corrected chi connectivity index (χ1v) is 8.80. The molecular formula is C18H16N4O3S. The fraction of sp³-hybridized carbons (Fsp3) is 0.167. The molecule has 1 atom stereocenters. The molecule has 26 heavy (non-hydrogen) atoms. The minimum Gasteiger partial charge on any atom is -0.284 e. The van der Waals surface area contributed by atoms with Gasteiger partial charge in [0.05, 0.1) is 22.9 Å². The molecule has 0 radical (unpaired) electrons. The quantitative estimate of drug-likeness (QED) is 0.459. The van der Waals surface area contributed by atoms with Crippen LogP contribution in [0.1, 0.15) is 18.1 Å². The van der Waals surface area contributed by atoms with Crippen LogP contribution in [0.3, 0.4) is 0 Å². The van der Waals surface area contributed by atoms with Crippen molar-refractivity contribution in [3.8, 4) is 0 Å². The topological polar surface area (TPSA) is 88.2 Å². The molecule has 2 aromatic carbocycles. The fourth-order valence-corrected chi connectivity index (χ4v) is 3.36. The van der Waals surface area contributed by atoms with Gasteiger partial charge >= 0.3 is 0 Å². The Morgan fingerprint density at radius 3 is 2.73 bits per heavy atom. The van der Waals surface area contributed by atoms with E-state index in [4.69, 9.17) is 0 Å². The van der Waals surface area contributed by atoms with E-state index in [2.05, 4.69) is 10.2 Å². The lowest BCUT2D eigenvalue weighted by atomic mass is 10.2. The van der Waals surface area contributed by atoms with E-state index in [1.165, 1.54) is 30.1 Å². The van der Waals surface area contributed by atoms with Crippen molar-refractivity contribution in [2.45, 2.75) is 18.7 Å². The van der Waals surface area contributed by atoms with Crippen LogP contribution in [0.4, 0.5) is 5.69 Å². The monoisotopic (exact) mass is 368 g/mol. The number of non-ortho nitro benzene ring substituents is 1. The predicted octanol–water partition coefficient (Wildman–Crippen LogP) is 3.45. The van der Waals surface area contributed by atoms with E-state index in [9.17, 15) is 14.9 Å². The van der Waals surface area contributed by atoms with E-state index < -0.39 is 4.92 Å². The molecule has 1 aliphatic rings. The van der Waals surface area contributed by atoms with Crippen molar-refractivity contribution in [1.29, 1.82) is 0 Å². The number of nitrogens with zero attached hydrogens (tertiary/aromatic N) is 4. The van der Waals surface area contributed by atoms with Crippen molar-refractivity contribution in [2.75, 3.05) is 0 Å². The molecule has 7 nitrogen and oxygen atoms in total. The summed E-state index contributed by atoms with van der Waals surface area (Å²) < 4.78 is 0. The van der Waals surface area contributed by atoms with E-state index in [-0.39, 0.29) is 16.8 Å². The Hall–Kier alpha value is -3.00. The Labute approximate surface area is 154 Å². The Morgan fingerprint density at radius 1 is 1.23 bits per heavy atom. The van der Waals surface area contributed by atoms with E-state index in [1.807, 2.05) is 37.3 Å². The van der Waals surface area contributed by atoms with E-state index in [1.54, 1.807) is 17.0 Å². The Balaban J connectivity index is 1.78. The molecule has 0 saturated carbocycles. The second kappa shape index (κ2) is 7.92. The third kappa shape index (κ3) is 4.15. The molecule has 2 aromatic rings. The minimum atomic E-state index is -0.460. The number of hydrogen-bond acceptors (Lipinski definition) is 6. The summed E-state index contributed by atoms with van der Waals surface area (Å²) in [6, 6.07) is 15.8. The number of benzene rings is 2. The summed E-state index contributed by atoms with van der Waals surface area (Å²) in [5, 5.41) is 19.3. The summed E-state index contributed by atoms with van der Waals surface area (Å²) in [5.74, 6) is -0.0110. The Morgan fingerprint density at radius 2 is 2.00 bits per heavy atom. The van der Waals surface area contributed by atoms with Crippen LogP contribution in [0.5, 0.6) is 0 Å². The maximum Gasteiger partial charge on any atom is 0.270 e. The van der Waals surface area contributed by atoms with Gasteiger partial charge < -0.3 is 0 Å². The van der Waals surface area contributed by atoms with Crippen molar-refractivity contribution in [3.05, 3.63) is 75.8 Å². The molecule has 1 amide bonds. The van der Waals surface area contributed by atoms with Crippen molar-refractivity contribution in [1.82, 2.24) is 4.90 Å². The average Bonchev–Trinajstić information content (AvgIpc) is 2.90. The van der Waals surface area contributed by atoms with Crippen LogP contribution in [0.25, 0.3) is 0 Å². The van der Waals surface area contributed by atoms with Gasteiger partial charge in [0.2, 0.25) is 5.91 Å². The van der Waals surface area contributed by atoms with Crippen LogP contribution in [-0.4, -0.2) is 32.4 Å². The minimum absolute atomic E-state index is 0.00801. The third-order valence-electron chi connectivity index (χ3n) is 3.74. The number of nitro groups is 1. The number of amidine groups is 1. The van der Waals surface area contributed by atoms with Crippen molar-refractivity contribution < 1.29 is 9.72 Å². The molecular weight excluding hydrogens is 352 g/mol. The highest BCUT2D eigenvalue weighted by Gasteiger charge is 2.35. The van der Waals surface area contributed by atoms with Gasteiger partial charge in [0, 0.05) is 17.7 Å². The smallest absolute Gasteiger partial charge is 0.270 e. The van der Waals surface area contributed by atoms with Crippen LogP contribution < -0.4 is 0 Å². The zero-order valence-corrected chi connectivity index (χ0v) is 14.8. The standard InChI is InChI=1S/C18H16N4O3S/c1-13-17(23)21(12-14-6-3-2-4-7-14)18(26-13)20-19-11-15-8-5-9-16(10-15)22(24)25/h2-11,13H,12H2,1H3/b19-11-,20-18-/t13-/m0/s1. The van der Waals surface area contributed by atoms with Crippen molar-refractivity contribution >= 4 is 34.7 Å². The van der Waals surface area contributed by atoms with Crippen molar-refractivity contribution in [3.63, 3.8) is 0 Å². The van der Waals surface area contributed by atoms with Gasteiger partial charge in [-0.2, -0.15) is 5.10 Å². The first kappa shape index (κ1) is 17.8. The van der Waals surface area contributed by atoms with Crippen LogP contribution in [0.15, 0.2) is 64.8 Å². The molecule has 3 rings (SSSR count). The van der Waals surface area contributed by atoms with Crippen molar-refractivity contribution in [2.24, 2.45) is 10.2 Å². The summed E-state index contributed by atoms with van der Waals surface area (Å²) in [4.78, 5) is 24.3. The van der Waals surface area contributed by atoms with Gasteiger partial charge in [-0.05, 0) is 12.5 Å². The molecule has 1 aliphatic heterocycles. The lowest BCUT2D eigenvalue weighted by Gasteiger charge is -2.15. The molecule has 0 spiro atoms. The summed E-state index contributed by atoms with van der Waals surface area (Å²) >= 11 is 1.35. The normalized spacial score (nSPS) is 18.8. The Kier molecular flexibility index (Phi) is 5.43. The van der Waals surface area contributed by atoms with Crippen LogP contribution >= 0.6 is 11.8 Å². The number of thioether (sulfide) groups is 1. The summed E-state index contributed by atoms with van der Waals surface area (Å²) in [6.07, 6.45) is 1.44. The summed E-state index contributed by atoms with van der Waals surface area (Å²) in [7, 11) is 0. The number of rotatable bonds is 5. The Bertz CT molecular complexity index is 883. The van der Waals surface area contributed by atoms with E-state index >= 15 is 0 Å². The SMILES string of the molecule is C[C@@H]1S/C(=N\N=C/c2cccc([N+](=O)[O-])c2)N(Cc2ccccc2)C1=O. The van der Waals surface area contributed by atoms with Crippen LogP contribution in [-0.2, 0) is 11.3 Å². The average molecular weight is 368 g/mol. The second-order valence-electron chi connectivity index (χ2n) is 5.65. The van der Waals surface area contributed by atoms with Gasteiger partial charge in [-0.1, -0.05) is 54.2 Å². The van der Waals surface area contributed by atoms with Crippen LogP contribution in [0.2, 0.25) is 0 Å². The second-order valence-corrected chi connectivity index (χ2v) is 6.96. The number of carbonyl (C=O) groups excluding carboxylic acids is 1. The molecule has 1 heterocycles. The predicted molar refractivity (Wildman–Crippen MR) is 102 cm³/mol. The number of carbonyl (C=O) groups is 1. The zero-order valence-electron chi connectivity index (χ0n) is 14.0.